The largest absolute Gasteiger partial charge is 0.398 e. The normalized spacial score (nSPS) is 10.9. The average molecular weight is 236 g/mol. The summed E-state index contributed by atoms with van der Waals surface area (Å²) in [5, 5.41) is 9.60. The zero-order chi connectivity index (χ0) is 11.5. The Labute approximate surface area is 99.1 Å². The molecule has 5 heteroatoms. The summed E-state index contributed by atoms with van der Waals surface area (Å²) in [4.78, 5) is 1.20. The number of nitrogen functional groups attached to an aromatic ring is 1. The number of hydrogen-bond acceptors (Lipinski definition) is 4. The minimum absolute atomic E-state index is 0.817. The lowest BCUT2D eigenvalue weighted by Gasteiger charge is -2.03. The van der Waals surface area contributed by atoms with Crippen LogP contribution in [0, 0.1) is 6.92 Å². The SMILES string of the molecule is Cc1c(CNCc2sccc2N)cnn1C. The molecule has 0 aliphatic heterocycles. The minimum Gasteiger partial charge on any atom is -0.398 e. The van der Waals surface area contributed by atoms with Crippen LogP contribution in [0.15, 0.2) is 17.6 Å². The van der Waals surface area contributed by atoms with Crippen molar-refractivity contribution in [2.45, 2.75) is 20.0 Å². The third kappa shape index (κ3) is 2.25. The summed E-state index contributed by atoms with van der Waals surface area (Å²) in [6.07, 6.45) is 1.90. The lowest BCUT2D eigenvalue weighted by atomic mass is 10.2. The van der Waals surface area contributed by atoms with Crippen molar-refractivity contribution in [2.24, 2.45) is 7.05 Å². The maximum atomic E-state index is 5.81. The summed E-state index contributed by atoms with van der Waals surface area (Å²) in [5.41, 5.74) is 9.12. The fraction of sp³-hybridized carbons (Fsp3) is 0.364. The number of aromatic nitrogens is 2. The molecule has 16 heavy (non-hydrogen) atoms. The number of hydrogen-bond donors (Lipinski definition) is 2. The molecule has 2 aromatic heterocycles. The van der Waals surface area contributed by atoms with Crippen molar-refractivity contribution in [2.75, 3.05) is 5.73 Å². The molecule has 0 spiro atoms. The van der Waals surface area contributed by atoms with E-state index in [9.17, 15) is 0 Å². The predicted octanol–water partition coefficient (Wildman–Crippen LogP) is 1.66. The summed E-state index contributed by atoms with van der Waals surface area (Å²) >= 11 is 1.69. The number of anilines is 1. The molecule has 0 bridgehead atoms. The first-order chi connectivity index (χ1) is 7.68. The highest BCUT2D eigenvalue weighted by molar-refractivity contribution is 7.10. The number of aryl methyl sites for hydroxylation is 1. The Kier molecular flexibility index (Phi) is 3.26. The van der Waals surface area contributed by atoms with Crippen LogP contribution < -0.4 is 11.1 Å². The summed E-state index contributed by atoms with van der Waals surface area (Å²) in [5.74, 6) is 0. The molecule has 0 fully saturated rings. The lowest BCUT2D eigenvalue weighted by molar-refractivity contribution is 0.691. The van der Waals surface area contributed by atoms with Gasteiger partial charge in [-0.3, -0.25) is 4.68 Å². The first-order valence-electron chi connectivity index (χ1n) is 5.18. The summed E-state index contributed by atoms with van der Waals surface area (Å²) in [7, 11) is 1.95. The molecule has 86 valence electrons. The van der Waals surface area contributed by atoms with Gasteiger partial charge in [0, 0.05) is 42.0 Å². The van der Waals surface area contributed by atoms with E-state index in [1.807, 2.05) is 29.4 Å². The van der Waals surface area contributed by atoms with Gasteiger partial charge in [0.15, 0.2) is 0 Å². The van der Waals surface area contributed by atoms with Crippen LogP contribution in [0.3, 0.4) is 0 Å². The van der Waals surface area contributed by atoms with Crippen molar-refractivity contribution in [1.82, 2.24) is 15.1 Å². The van der Waals surface area contributed by atoms with Gasteiger partial charge >= 0.3 is 0 Å². The Hall–Kier alpha value is -1.33. The van der Waals surface area contributed by atoms with Crippen LogP contribution in [-0.2, 0) is 20.1 Å². The Morgan fingerprint density at radius 3 is 2.88 bits per heavy atom. The molecule has 4 nitrogen and oxygen atoms in total. The third-order valence-corrected chi connectivity index (χ3v) is 3.65. The molecule has 2 heterocycles. The van der Waals surface area contributed by atoms with Crippen LogP contribution in [0.2, 0.25) is 0 Å². The number of thiophene rings is 1. The molecule has 2 rings (SSSR count). The molecule has 2 aromatic rings. The Morgan fingerprint density at radius 1 is 1.50 bits per heavy atom. The van der Waals surface area contributed by atoms with Gasteiger partial charge in [-0.2, -0.15) is 5.10 Å². The standard InChI is InChI=1S/C11H16N4S/c1-8-9(6-14-15(8)2)5-13-7-11-10(12)3-4-16-11/h3-4,6,13H,5,7,12H2,1-2H3. The Morgan fingerprint density at radius 2 is 2.31 bits per heavy atom. The van der Waals surface area contributed by atoms with Crippen LogP contribution in [0.5, 0.6) is 0 Å². The van der Waals surface area contributed by atoms with Gasteiger partial charge in [-0.05, 0) is 18.4 Å². The Balaban J connectivity index is 1.89. The number of nitrogens with two attached hydrogens (primary N) is 1. The van der Waals surface area contributed by atoms with Crippen LogP contribution in [0.1, 0.15) is 16.1 Å². The summed E-state index contributed by atoms with van der Waals surface area (Å²) in [6.45, 7) is 3.72. The van der Waals surface area contributed by atoms with Gasteiger partial charge in [0.2, 0.25) is 0 Å². The van der Waals surface area contributed by atoms with Crippen molar-refractivity contribution in [1.29, 1.82) is 0 Å². The van der Waals surface area contributed by atoms with E-state index >= 15 is 0 Å². The van der Waals surface area contributed by atoms with Crippen molar-refractivity contribution >= 4 is 17.0 Å². The van der Waals surface area contributed by atoms with Gasteiger partial charge in [-0.25, -0.2) is 0 Å². The summed E-state index contributed by atoms with van der Waals surface area (Å²) < 4.78 is 1.89. The van der Waals surface area contributed by atoms with Gasteiger partial charge in [0.05, 0.1) is 6.20 Å². The molecule has 3 N–H and O–H groups in total. The van der Waals surface area contributed by atoms with Gasteiger partial charge in [-0.1, -0.05) is 0 Å². The van der Waals surface area contributed by atoms with E-state index in [-0.39, 0.29) is 0 Å². The highest BCUT2D eigenvalue weighted by atomic mass is 32.1. The topological polar surface area (TPSA) is 55.9 Å². The van der Waals surface area contributed by atoms with E-state index in [0.717, 1.165) is 18.8 Å². The van der Waals surface area contributed by atoms with Gasteiger partial charge in [0.1, 0.15) is 0 Å². The van der Waals surface area contributed by atoms with Gasteiger partial charge < -0.3 is 11.1 Å². The van der Waals surface area contributed by atoms with Crippen LogP contribution in [0.25, 0.3) is 0 Å². The lowest BCUT2D eigenvalue weighted by Crippen LogP contribution is -2.13. The molecule has 0 atom stereocenters. The fourth-order valence-electron chi connectivity index (χ4n) is 1.52. The number of nitrogens with zero attached hydrogens (tertiary/aromatic N) is 2. The van der Waals surface area contributed by atoms with E-state index < -0.39 is 0 Å². The van der Waals surface area contributed by atoms with Crippen molar-refractivity contribution in [3.05, 3.63) is 33.8 Å². The predicted molar refractivity (Wildman–Crippen MR) is 67.2 cm³/mol. The van der Waals surface area contributed by atoms with E-state index in [2.05, 4.69) is 17.3 Å². The zero-order valence-electron chi connectivity index (χ0n) is 9.53. The molecule has 0 aliphatic carbocycles. The van der Waals surface area contributed by atoms with Crippen molar-refractivity contribution in [3.8, 4) is 0 Å². The zero-order valence-corrected chi connectivity index (χ0v) is 10.3. The fourth-order valence-corrected chi connectivity index (χ4v) is 2.29. The molecular formula is C11H16N4S. The van der Waals surface area contributed by atoms with E-state index in [1.165, 1.54) is 16.1 Å². The molecule has 0 aliphatic rings. The quantitative estimate of drug-likeness (QED) is 0.849. The highest BCUT2D eigenvalue weighted by Gasteiger charge is 2.04. The Bertz CT molecular complexity index is 472. The molecule has 0 amide bonds. The molecular weight excluding hydrogens is 220 g/mol. The van der Waals surface area contributed by atoms with Crippen LogP contribution in [0.4, 0.5) is 5.69 Å². The van der Waals surface area contributed by atoms with Gasteiger partial charge in [0.25, 0.3) is 0 Å². The molecule has 0 aromatic carbocycles. The second-order valence-corrected chi connectivity index (χ2v) is 4.78. The monoisotopic (exact) mass is 236 g/mol. The second kappa shape index (κ2) is 4.67. The van der Waals surface area contributed by atoms with Crippen LogP contribution >= 0.6 is 11.3 Å². The first-order valence-corrected chi connectivity index (χ1v) is 6.06. The smallest absolute Gasteiger partial charge is 0.0537 e. The average Bonchev–Trinajstić information content (AvgIpc) is 2.80. The van der Waals surface area contributed by atoms with E-state index in [0.29, 0.717) is 0 Å². The minimum atomic E-state index is 0.817. The molecule has 0 unspecified atom stereocenters. The third-order valence-electron chi connectivity index (χ3n) is 2.72. The molecule has 0 saturated carbocycles. The second-order valence-electron chi connectivity index (χ2n) is 3.78. The first kappa shape index (κ1) is 11.2. The number of nitrogens with one attached hydrogen (secondary N) is 1. The maximum Gasteiger partial charge on any atom is 0.0537 e. The van der Waals surface area contributed by atoms with Crippen molar-refractivity contribution < 1.29 is 0 Å². The maximum absolute atomic E-state index is 5.81. The van der Waals surface area contributed by atoms with Crippen molar-refractivity contribution in [3.63, 3.8) is 0 Å². The number of rotatable bonds is 4. The van der Waals surface area contributed by atoms with Crippen LogP contribution in [-0.4, -0.2) is 9.78 Å². The molecule has 0 saturated heterocycles. The molecule has 0 radical (unpaired) electrons. The summed E-state index contributed by atoms with van der Waals surface area (Å²) in [6, 6.07) is 1.94. The highest BCUT2D eigenvalue weighted by Crippen LogP contribution is 2.18. The van der Waals surface area contributed by atoms with Gasteiger partial charge in [-0.15, -0.1) is 11.3 Å². The van der Waals surface area contributed by atoms with E-state index in [4.69, 9.17) is 5.73 Å². The van der Waals surface area contributed by atoms with E-state index in [1.54, 1.807) is 11.3 Å².